The number of amides is 2. The van der Waals surface area contributed by atoms with E-state index in [0.717, 1.165) is 42.4 Å². The van der Waals surface area contributed by atoms with Gasteiger partial charge in [0.2, 0.25) is 5.91 Å². The zero-order chi connectivity index (χ0) is 28.7. The molecule has 3 aromatic rings. The highest BCUT2D eigenvalue weighted by Crippen LogP contribution is 2.44. The summed E-state index contributed by atoms with van der Waals surface area (Å²) in [5, 5.41) is 12.3. The predicted octanol–water partition coefficient (Wildman–Crippen LogP) is 6.37. The normalized spacial score (nSPS) is 15.7. The molecule has 2 N–H and O–H groups in total. The Kier molecular flexibility index (Phi) is 9.02. The number of nitrogens with zero attached hydrogens (tertiary/aromatic N) is 1. The van der Waals surface area contributed by atoms with E-state index in [2.05, 4.69) is 29.6 Å². The summed E-state index contributed by atoms with van der Waals surface area (Å²) in [4.78, 5) is 40.3. The zero-order valence-corrected chi connectivity index (χ0v) is 23.4. The highest BCUT2D eigenvalue weighted by atomic mass is 16.5. The molecular formula is C34H38N2O5. The molecule has 3 aromatic carbocycles. The lowest BCUT2D eigenvalue weighted by atomic mass is 9.78. The third-order valence-electron chi connectivity index (χ3n) is 8.53. The van der Waals surface area contributed by atoms with Crippen LogP contribution in [0.3, 0.4) is 0 Å². The summed E-state index contributed by atoms with van der Waals surface area (Å²) in [7, 11) is 0. The van der Waals surface area contributed by atoms with Crippen LogP contribution in [0.2, 0.25) is 0 Å². The summed E-state index contributed by atoms with van der Waals surface area (Å²) in [5.74, 6) is -1.08. The molecule has 0 bridgehead atoms. The second-order valence-corrected chi connectivity index (χ2v) is 11.2. The fourth-order valence-electron chi connectivity index (χ4n) is 6.38. The molecule has 0 atom stereocenters. The van der Waals surface area contributed by atoms with Crippen LogP contribution in [-0.2, 0) is 20.9 Å². The van der Waals surface area contributed by atoms with Gasteiger partial charge < -0.3 is 20.1 Å². The number of ether oxygens (including phenoxy) is 1. The van der Waals surface area contributed by atoms with E-state index in [9.17, 15) is 19.5 Å². The fraction of sp³-hybridized carbons (Fsp3) is 0.382. The van der Waals surface area contributed by atoms with E-state index >= 15 is 0 Å². The van der Waals surface area contributed by atoms with Gasteiger partial charge in [-0.1, -0.05) is 105 Å². The molecule has 7 nitrogen and oxygen atoms in total. The highest BCUT2D eigenvalue weighted by Gasteiger charge is 2.42. The van der Waals surface area contributed by atoms with Crippen molar-refractivity contribution in [1.29, 1.82) is 0 Å². The molecule has 0 unspecified atom stereocenters. The summed E-state index contributed by atoms with van der Waals surface area (Å²) in [6.07, 6.45) is 4.47. The Morgan fingerprint density at radius 1 is 0.829 bits per heavy atom. The summed E-state index contributed by atoms with van der Waals surface area (Å²) >= 11 is 0. The molecule has 5 rings (SSSR count). The first-order chi connectivity index (χ1) is 20.0. The molecule has 1 saturated carbocycles. The van der Waals surface area contributed by atoms with Gasteiger partial charge in [-0.3, -0.25) is 9.59 Å². The molecule has 2 aliphatic carbocycles. The van der Waals surface area contributed by atoms with Crippen LogP contribution in [-0.4, -0.2) is 47.7 Å². The Morgan fingerprint density at radius 3 is 2.02 bits per heavy atom. The van der Waals surface area contributed by atoms with Gasteiger partial charge in [0.15, 0.2) is 0 Å². The van der Waals surface area contributed by atoms with E-state index in [1.165, 1.54) is 11.1 Å². The monoisotopic (exact) mass is 554 g/mol. The predicted molar refractivity (Wildman–Crippen MR) is 157 cm³/mol. The Balaban J connectivity index is 1.28. The van der Waals surface area contributed by atoms with Gasteiger partial charge in [-0.2, -0.15) is 0 Å². The minimum absolute atomic E-state index is 0.0426. The maximum Gasteiger partial charge on any atom is 0.407 e. The van der Waals surface area contributed by atoms with E-state index in [1.54, 1.807) is 4.90 Å². The maximum atomic E-state index is 14.2. The van der Waals surface area contributed by atoms with Crippen molar-refractivity contribution in [3.63, 3.8) is 0 Å². The van der Waals surface area contributed by atoms with Gasteiger partial charge in [-0.25, -0.2) is 4.79 Å². The number of carbonyl (C=O) groups excluding carboxylic acids is 2. The number of carboxylic acids is 1. The van der Waals surface area contributed by atoms with Crippen LogP contribution in [0.15, 0.2) is 78.9 Å². The van der Waals surface area contributed by atoms with Gasteiger partial charge in [-0.15, -0.1) is 0 Å². The van der Waals surface area contributed by atoms with Gasteiger partial charge in [0, 0.05) is 25.6 Å². The van der Waals surface area contributed by atoms with Crippen LogP contribution in [0.1, 0.15) is 67.6 Å². The average Bonchev–Trinajstić information content (AvgIpc) is 3.12. The second-order valence-electron chi connectivity index (χ2n) is 11.2. The van der Waals surface area contributed by atoms with Gasteiger partial charge >= 0.3 is 12.1 Å². The summed E-state index contributed by atoms with van der Waals surface area (Å²) < 4.78 is 5.77. The largest absolute Gasteiger partial charge is 0.481 e. The van der Waals surface area contributed by atoms with Gasteiger partial charge in [0.1, 0.15) is 6.61 Å². The third-order valence-corrected chi connectivity index (χ3v) is 8.53. The van der Waals surface area contributed by atoms with Crippen LogP contribution >= 0.6 is 0 Å². The van der Waals surface area contributed by atoms with Crippen molar-refractivity contribution in [3.05, 3.63) is 95.6 Å². The number of rotatable bonds is 10. The molecule has 214 valence electrons. The Labute approximate surface area is 241 Å². The molecule has 0 aromatic heterocycles. The number of hydrogen-bond donors (Lipinski definition) is 2. The van der Waals surface area contributed by atoms with Gasteiger partial charge in [0.05, 0.1) is 11.8 Å². The first-order valence-corrected chi connectivity index (χ1v) is 14.6. The van der Waals surface area contributed by atoms with Crippen LogP contribution in [0, 0.1) is 5.41 Å². The van der Waals surface area contributed by atoms with Crippen LogP contribution in [0.4, 0.5) is 4.79 Å². The number of hydrogen-bond acceptors (Lipinski definition) is 4. The number of carboxylic acid groups (broad SMARTS) is 1. The number of alkyl carbamates (subject to hydrolysis) is 1. The molecule has 7 heteroatoms. The quantitative estimate of drug-likeness (QED) is 0.284. The molecule has 2 aliphatic rings. The Morgan fingerprint density at radius 2 is 1.41 bits per heavy atom. The molecule has 0 spiro atoms. The number of fused-ring (bicyclic) bond motifs is 3. The van der Waals surface area contributed by atoms with Gasteiger partial charge in [-0.05, 0) is 40.7 Å². The lowest BCUT2D eigenvalue weighted by Gasteiger charge is -2.37. The van der Waals surface area contributed by atoms with E-state index in [-0.39, 0.29) is 37.9 Å². The van der Waals surface area contributed by atoms with Crippen molar-refractivity contribution in [2.45, 2.75) is 57.4 Å². The minimum Gasteiger partial charge on any atom is -0.481 e. The molecule has 0 saturated heterocycles. The van der Waals surface area contributed by atoms with Crippen molar-refractivity contribution >= 4 is 18.0 Å². The Hall–Kier alpha value is -4.13. The lowest BCUT2D eigenvalue weighted by molar-refractivity contribution is -0.145. The standard InChI is InChI=1S/C34H38N2O5/c37-31(38)18-21-36(22-25-12-4-3-5-13-25)32(39)34(19-10-1-2-11-20-34)24-35-33(40)41-23-30-28-16-8-6-14-26(28)27-15-7-9-17-29(27)30/h3-9,12-17,30H,1-2,10-11,18-24H2,(H,35,40)(H,37,38). The summed E-state index contributed by atoms with van der Waals surface area (Å²) in [5.41, 5.74) is 4.77. The van der Waals surface area contributed by atoms with Crippen LogP contribution in [0.25, 0.3) is 11.1 Å². The van der Waals surface area contributed by atoms with Crippen molar-refractivity contribution in [3.8, 4) is 11.1 Å². The molecule has 41 heavy (non-hydrogen) atoms. The maximum absolute atomic E-state index is 14.2. The van der Waals surface area contributed by atoms with E-state index in [4.69, 9.17) is 4.74 Å². The van der Waals surface area contributed by atoms with Crippen molar-refractivity contribution in [2.75, 3.05) is 19.7 Å². The number of carbonyl (C=O) groups is 3. The van der Waals surface area contributed by atoms with E-state index in [1.807, 2.05) is 54.6 Å². The summed E-state index contributed by atoms with van der Waals surface area (Å²) in [6, 6.07) is 26.0. The summed E-state index contributed by atoms with van der Waals surface area (Å²) in [6.45, 7) is 0.829. The fourth-order valence-corrected chi connectivity index (χ4v) is 6.38. The third kappa shape index (κ3) is 6.62. The molecule has 0 aliphatic heterocycles. The zero-order valence-electron chi connectivity index (χ0n) is 23.4. The molecular weight excluding hydrogens is 516 g/mol. The molecule has 0 radical (unpaired) electrons. The molecule has 1 fully saturated rings. The number of benzene rings is 3. The Bertz CT molecular complexity index is 1320. The molecule has 2 amide bonds. The minimum atomic E-state index is -0.942. The highest BCUT2D eigenvalue weighted by molar-refractivity contribution is 5.84. The first-order valence-electron chi connectivity index (χ1n) is 14.6. The second kappa shape index (κ2) is 13.0. The smallest absolute Gasteiger partial charge is 0.407 e. The van der Waals surface area contributed by atoms with E-state index < -0.39 is 17.5 Å². The lowest BCUT2D eigenvalue weighted by Crippen LogP contribution is -2.50. The topological polar surface area (TPSA) is 95.9 Å². The molecule has 0 heterocycles. The van der Waals surface area contributed by atoms with Crippen molar-refractivity contribution in [2.24, 2.45) is 5.41 Å². The van der Waals surface area contributed by atoms with Gasteiger partial charge in [0.25, 0.3) is 0 Å². The van der Waals surface area contributed by atoms with Crippen molar-refractivity contribution < 1.29 is 24.2 Å². The SMILES string of the molecule is O=C(O)CCN(Cc1ccccc1)C(=O)C1(CNC(=O)OCC2c3ccccc3-c3ccccc32)CCCCCC1. The number of nitrogens with one attached hydrogen (secondary N) is 1. The number of aliphatic carboxylic acids is 1. The average molecular weight is 555 g/mol. The van der Waals surface area contributed by atoms with Crippen LogP contribution < -0.4 is 5.32 Å². The first kappa shape index (κ1) is 28.4. The van der Waals surface area contributed by atoms with Crippen molar-refractivity contribution in [1.82, 2.24) is 10.2 Å². The van der Waals surface area contributed by atoms with E-state index in [0.29, 0.717) is 19.4 Å². The van der Waals surface area contributed by atoms with Crippen LogP contribution in [0.5, 0.6) is 0 Å².